The number of hydrogen-bond acceptors (Lipinski definition) is 6. The number of aryl methyl sites for hydroxylation is 2. The molecule has 0 radical (unpaired) electrons. The third-order valence-electron chi connectivity index (χ3n) is 4.12. The van der Waals surface area contributed by atoms with Gasteiger partial charge in [0.25, 0.3) is 0 Å². The first-order valence-electron chi connectivity index (χ1n) is 8.82. The van der Waals surface area contributed by atoms with Gasteiger partial charge in [-0.2, -0.15) is 0 Å². The summed E-state index contributed by atoms with van der Waals surface area (Å²) in [6, 6.07) is 15.5. The maximum atomic E-state index is 11.9. The van der Waals surface area contributed by atoms with Crippen molar-refractivity contribution in [1.82, 2.24) is 10.2 Å². The summed E-state index contributed by atoms with van der Waals surface area (Å²) >= 11 is 0. The minimum atomic E-state index is -0.279. The molecule has 6 heteroatoms. The summed E-state index contributed by atoms with van der Waals surface area (Å²) in [5.41, 5.74) is 3.11. The highest BCUT2D eigenvalue weighted by atomic mass is 16.5. The fourth-order valence-corrected chi connectivity index (χ4v) is 2.52. The van der Waals surface area contributed by atoms with E-state index in [9.17, 15) is 4.79 Å². The standard InChI is InChI=1S/C21H22N2O4/c1-15-3-7-17(8-4-15)21-23-22-19(27-21)11-12-20(24)26-14-13-16-5-9-18(25-2)10-6-16/h3-10H,11-14H2,1-2H3. The zero-order valence-electron chi connectivity index (χ0n) is 15.5. The quantitative estimate of drug-likeness (QED) is 0.565. The maximum Gasteiger partial charge on any atom is 0.306 e. The first kappa shape index (κ1) is 18.6. The lowest BCUT2D eigenvalue weighted by Gasteiger charge is -2.05. The molecule has 1 aromatic heterocycles. The molecule has 0 aliphatic rings. The Labute approximate surface area is 158 Å². The van der Waals surface area contributed by atoms with Crippen LogP contribution >= 0.6 is 0 Å². The molecule has 0 spiro atoms. The highest BCUT2D eigenvalue weighted by Gasteiger charge is 2.11. The SMILES string of the molecule is COc1ccc(CCOC(=O)CCc2nnc(-c3ccc(C)cc3)o2)cc1. The van der Waals surface area contributed by atoms with Gasteiger partial charge in [0, 0.05) is 18.4 Å². The Morgan fingerprint density at radius 3 is 2.44 bits per heavy atom. The Balaban J connectivity index is 1.42. The average molecular weight is 366 g/mol. The molecule has 0 aliphatic carbocycles. The number of nitrogens with zero attached hydrogens (tertiary/aromatic N) is 2. The number of carbonyl (C=O) groups excluding carboxylic acids is 1. The van der Waals surface area contributed by atoms with Crippen molar-refractivity contribution in [2.45, 2.75) is 26.2 Å². The fraction of sp³-hybridized carbons (Fsp3) is 0.286. The number of benzene rings is 2. The number of rotatable bonds is 8. The van der Waals surface area contributed by atoms with Gasteiger partial charge >= 0.3 is 5.97 Å². The van der Waals surface area contributed by atoms with E-state index < -0.39 is 0 Å². The van der Waals surface area contributed by atoms with E-state index in [4.69, 9.17) is 13.9 Å². The van der Waals surface area contributed by atoms with Crippen LogP contribution in [0.5, 0.6) is 5.75 Å². The summed E-state index contributed by atoms with van der Waals surface area (Å²) in [5, 5.41) is 8.03. The van der Waals surface area contributed by atoms with E-state index >= 15 is 0 Å². The van der Waals surface area contributed by atoms with Crippen LogP contribution in [0.4, 0.5) is 0 Å². The van der Waals surface area contributed by atoms with Gasteiger partial charge in [0.15, 0.2) is 0 Å². The van der Waals surface area contributed by atoms with Crippen LogP contribution in [0, 0.1) is 6.92 Å². The second-order valence-corrected chi connectivity index (χ2v) is 6.19. The predicted octanol–water partition coefficient (Wildman–Crippen LogP) is 3.77. The van der Waals surface area contributed by atoms with E-state index in [2.05, 4.69) is 10.2 Å². The zero-order chi connectivity index (χ0) is 19.1. The molecule has 3 aromatic rings. The lowest BCUT2D eigenvalue weighted by molar-refractivity contribution is -0.143. The maximum absolute atomic E-state index is 11.9. The van der Waals surface area contributed by atoms with Crippen LogP contribution in [0.3, 0.4) is 0 Å². The monoisotopic (exact) mass is 366 g/mol. The van der Waals surface area contributed by atoms with Crippen LogP contribution in [0.1, 0.15) is 23.4 Å². The van der Waals surface area contributed by atoms with Crippen LogP contribution in [-0.4, -0.2) is 29.9 Å². The van der Waals surface area contributed by atoms with E-state index in [0.29, 0.717) is 31.2 Å². The van der Waals surface area contributed by atoms with Gasteiger partial charge in [0.1, 0.15) is 5.75 Å². The minimum Gasteiger partial charge on any atom is -0.497 e. The van der Waals surface area contributed by atoms with E-state index in [0.717, 1.165) is 22.4 Å². The number of ether oxygens (including phenoxy) is 2. The second kappa shape index (κ2) is 8.98. The normalized spacial score (nSPS) is 10.6. The number of carbonyl (C=O) groups is 1. The third-order valence-corrected chi connectivity index (χ3v) is 4.12. The van der Waals surface area contributed by atoms with Crippen molar-refractivity contribution in [2.75, 3.05) is 13.7 Å². The number of methoxy groups -OCH3 is 1. The minimum absolute atomic E-state index is 0.206. The summed E-state index contributed by atoms with van der Waals surface area (Å²) in [6.45, 7) is 2.35. The Hall–Kier alpha value is -3.15. The van der Waals surface area contributed by atoms with Gasteiger partial charge in [-0.1, -0.05) is 29.8 Å². The summed E-state index contributed by atoms with van der Waals surface area (Å²) in [4.78, 5) is 11.9. The number of esters is 1. The van der Waals surface area contributed by atoms with Gasteiger partial charge in [0.05, 0.1) is 20.1 Å². The van der Waals surface area contributed by atoms with E-state index in [1.807, 2.05) is 55.5 Å². The lowest BCUT2D eigenvalue weighted by Crippen LogP contribution is -2.08. The topological polar surface area (TPSA) is 74.5 Å². The molecule has 3 rings (SSSR count). The molecule has 0 saturated carbocycles. The van der Waals surface area contributed by atoms with E-state index in [-0.39, 0.29) is 12.4 Å². The first-order chi connectivity index (χ1) is 13.1. The Morgan fingerprint density at radius 2 is 1.74 bits per heavy atom. The molecule has 0 bridgehead atoms. The molecule has 140 valence electrons. The molecule has 1 heterocycles. The number of aromatic nitrogens is 2. The number of hydrogen-bond donors (Lipinski definition) is 0. The summed E-state index contributed by atoms with van der Waals surface area (Å²) < 4.78 is 16.0. The van der Waals surface area contributed by atoms with Gasteiger partial charge < -0.3 is 13.9 Å². The molecule has 0 N–H and O–H groups in total. The Bertz CT molecular complexity index is 870. The smallest absolute Gasteiger partial charge is 0.306 e. The molecule has 0 atom stereocenters. The predicted molar refractivity (Wildman–Crippen MR) is 100 cm³/mol. The lowest BCUT2D eigenvalue weighted by atomic mass is 10.1. The second-order valence-electron chi connectivity index (χ2n) is 6.19. The molecule has 0 fully saturated rings. The summed E-state index contributed by atoms with van der Waals surface area (Å²) in [5.74, 6) is 1.41. The van der Waals surface area contributed by atoms with Crippen molar-refractivity contribution in [3.63, 3.8) is 0 Å². The van der Waals surface area contributed by atoms with Crippen LogP contribution < -0.4 is 4.74 Å². The largest absolute Gasteiger partial charge is 0.497 e. The van der Waals surface area contributed by atoms with Gasteiger partial charge in [0.2, 0.25) is 11.8 Å². The van der Waals surface area contributed by atoms with Gasteiger partial charge in [-0.15, -0.1) is 10.2 Å². The molecule has 0 saturated heterocycles. The Morgan fingerprint density at radius 1 is 1.00 bits per heavy atom. The highest BCUT2D eigenvalue weighted by molar-refractivity contribution is 5.69. The molecule has 0 amide bonds. The van der Waals surface area contributed by atoms with Crippen molar-refractivity contribution in [3.05, 3.63) is 65.5 Å². The third kappa shape index (κ3) is 5.41. The zero-order valence-corrected chi connectivity index (χ0v) is 15.5. The Kier molecular flexibility index (Phi) is 6.20. The van der Waals surface area contributed by atoms with Crippen molar-refractivity contribution in [2.24, 2.45) is 0 Å². The van der Waals surface area contributed by atoms with Crippen molar-refractivity contribution < 1.29 is 18.7 Å². The summed E-state index contributed by atoms with van der Waals surface area (Å²) in [6.07, 6.45) is 1.23. The molecule has 2 aromatic carbocycles. The highest BCUT2D eigenvalue weighted by Crippen LogP contribution is 2.18. The molecule has 6 nitrogen and oxygen atoms in total. The van der Waals surface area contributed by atoms with Crippen molar-refractivity contribution in [1.29, 1.82) is 0 Å². The molecule has 27 heavy (non-hydrogen) atoms. The first-order valence-corrected chi connectivity index (χ1v) is 8.82. The van der Waals surface area contributed by atoms with Crippen LogP contribution in [0.25, 0.3) is 11.5 Å². The average Bonchev–Trinajstić information content (AvgIpc) is 3.16. The van der Waals surface area contributed by atoms with Crippen molar-refractivity contribution in [3.8, 4) is 17.2 Å². The summed E-state index contributed by atoms with van der Waals surface area (Å²) in [7, 11) is 1.63. The van der Waals surface area contributed by atoms with E-state index in [1.54, 1.807) is 7.11 Å². The fourth-order valence-electron chi connectivity index (χ4n) is 2.52. The van der Waals surface area contributed by atoms with Crippen LogP contribution in [0.15, 0.2) is 52.9 Å². The van der Waals surface area contributed by atoms with E-state index in [1.165, 1.54) is 0 Å². The van der Waals surface area contributed by atoms with Gasteiger partial charge in [-0.3, -0.25) is 4.79 Å². The van der Waals surface area contributed by atoms with Gasteiger partial charge in [-0.05, 0) is 36.8 Å². The van der Waals surface area contributed by atoms with Gasteiger partial charge in [-0.25, -0.2) is 0 Å². The van der Waals surface area contributed by atoms with Crippen molar-refractivity contribution >= 4 is 5.97 Å². The molecular weight excluding hydrogens is 344 g/mol. The molecular formula is C21H22N2O4. The van der Waals surface area contributed by atoms with Crippen LogP contribution in [-0.2, 0) is 22.4 Å². The van der Waals surface area contributed by atoms with Crippen LogP contribution in [0.2, 0.25) is 0 Å². The molecule has 0 unspecified atom stereocenters. The molecule has 0 aliphatic heterocycles.